The zero-order chi connectivity index (χ0) is 12.2. The first-order valence-electron chi connectivity index (χ1n) is 5.62. The molecule has 0 aromatic heterocycles. The van der Waals surface area contributed by atoms with Gasteiger partial charge in [-0.25, -0.2) is 8.42 Å². The fourth-order valence-electron chi connectivity index (χ4n) is 2.06. The smallest absolute Gasteiger partial charge is 0.147 e. The Balaban J connectivity index is 2.30. The number of amidine groups is 1. The van der Waals surface area contributed by atoms with Gasteiger partial charge in [0.25, 0.3) is 0 Å². The number of likely N-dealkylation sites (tertiary alicyclic amines) is 1. The normalized spacial score (nSPS) is 23.2. The number of hydrogen-bond donors (Lipinski definition) is 2. The summed E-state index contributed by atoms with van der Waals surface area (Å²) >= 11 is 0. The fraction of sp³-hybridized carbons (Fsp3) is 0.900. The third kappa shape index (κ3) is 4.94. The summed E-state index contributed by atoms with van der Waals surface area (Å²) in [5.74, 6) is 0.661. The lowest BCUT2D eigenvalue weighted by atomic mass is 9.97. The van der Waals surface area contributed by atoms with Gasteiger partial charge in [0.05, 0.1) is 11.6 Å². The SMILES string of the molecule is CS(=O)(=O)CCCN1CCCC(C(=N)N)C1. The van der Waals surface area contributed by atoms with Gasteiger partial charge in [-0.1, -0.05) is 0 Å². The van der Waals surface area contributed by atoms with Crippen molar-refractivity contribution < 1.29 is 8.42 Å². The van der Waals surface area contributed by atoms with Crippen LogP contribution < -0.4 is 5.73 Å². The summed E-state index contributed by atoms with van der Waals surface area (Å²) in [4.78, 5) is 2.21. The lowest BCUT2D eigenvalue weighted by Gasteiger charge is -2.31. The molecule has 0 bridgehead atoms. The van der Waals surface area contributed by atoms with Crippen LogP contribution in [0.1, 0.15) is 19.3 Å². The average molecular weight is 247 g/mol. The number of piperidine rings is 1. The maximum Gasteiger partial charge on any atom is 0.147 e. The molecule has 1 saturated heterocycles. The van der Waals surface area contributed by atoms with Gasteiger partial charge in [0.2, 0.25) is 0 Å². The number of nitrogens with zero attached hydrogens (tertiary/aromatic N) is 1. The molecular weight excluding hydrogens is 226 g/mol. The Kier molecular flexibility index (Phi) is 4.73. The third-order valence-corrected chi connectivity index (χ3v) is 3.97. The van der Waals surface area contributed by atoms with Gasteiger partial charge in [-0.15, -0.1) is 0 Å². The summed E-state index contributed by atoms with van der Waals surface area (Å²) in [5, 5.41) is 7.41. The van der Waals surface area contributed by atoms with Crippen molar-refractivity contribution in [2.75, 3.05) is 31.6 Å². The van der Waals surface area contributed by atoms with Crippen LogP contribution in [0.5, 0.6) is 0 Å². The molecule has 1 fully saturated rings. The van der Waals surface area contributed by atoms with Crippen molar-refractivity contribution in [2.45, 2.75) is 19.3 Å². The standard InChI is InChI=1S/C10H21N3O2S/c1-16(14,15)7-3-6-13-5-2-4-9(8-13)10(11)12/h9H,2-8H2,1H3,(H3,11,12). The van der Waals surface area contributed by atoms with Crippen LogP contribution in [0.4, 0.5) is 0 Å². The highest BCUT2D eigenvalue weighted by molar-refractivity contribution is 7.90. The topological polar surface area (TPSA) is 87.2 Å². The van der Waals surface area contributed by atoms with Crippen LogP contribution in [0.15, 0.2) is 0 Å². The Morgan fingerprint density at radius 1 is 1.56 bits per heavy atom. The Labute approximate surface area is 97.4 Å². The highest BCUT2D eigenvalue weighted by Crippen LogP contribution is 2.16. The number of hydrogen-bond acceptors (Lipinski definition) is 4. The zero-order valence-electron chi connectivity index (χ0n) is 9.78. The maximum absolute atomic E-state index is 11.0. The first kappa shape index (κ1) is 13.4. The summed E-state index contributed by atoms with van der Waals surface area (Å²) in [6, 6.07) is 0. The predicted molar refractivity (Wildman–Crippen MR) is 65.4 cm³/mol. The van der Waals surface area contributed by atoms with Crippen molar-refractivity contribution in [1.29, 1.82) is 5.41 Å². The highest BCUT2D eigenvalue weighted by Gasteiger charge is 2.21. The maximum atomic E-state index is 11.0. The second-order valence-corrected chi connectivity index (χ2v) is 6.84. The molecule has 0 radical (unpaired) electrons. The van der Waals surface area contributed by atoms with E-state index in [2.05, 4.69) is 4.90 Å². The molecule has 0 aromatic carbocycles. The quantitative estimate of drug-likeness (QED) is 0.531. The monoisotopic (exact) mass is 247 g/mol. The minimum Gasteiger partial charge on any atom is -0.387 e. The number of sulfone groups is 1. The van der Waals surface area contributed by atoms with E-state index in [9.17, 15) is 8.42 Å². The summed E-state index contributed by atoms with van der Waals surface area (Å²) in [7, 11) is -2.85. The summed E-state index contributed by atoms with van der Waals surface area (Å²) in [6.07, 6.45) is 3.96. The molecule has 0 aliphatic carbocycles. The molecule has 0 aromatic rings. The Morgan fingerprint density at radius 3 is 2.81 bits per heavy atom. The molecule has 16 heavy (non-hydrogen) atoms. The van der Waals surface area contributed by atoms with Crippen molar-refractivity contribution in [3.8, 4) is 0 Å². The Morgan fingerprint density at radius 2 is 2.25 bits per heavy atom. The van der Waals surface area contributed by atoms with E-state index >= 15 is 0 Å². The molecule has 5 nitrogen and oxygen atoms in total. The molecule has 1 heterocycles. The van der Waals surface area contributed by atoms with E-state index in [0.717, 1.165) is 32.5 Å². The van der Waals surface area contributed by atoms with E-state index in [1.54, 1.807) is 0 Å². The predicted octanol–water partition coefficient (Wildman–Crippen LogP) is 0.0691. The molecule has 1 aliphatic rings. The lowest BCUT2D eigenvalue weighted by Crippen LogP contribution is -2.41. The van der Waals surface area contributed by atoms with Crippen LogP contribution in [0, 0.1) is 11.3 Å². The van der Waals surface area contributed by atoms with Gasteiger partial charge in [-0.3, -0.25) is 5.41 Å². The largest absolute Gasteiger partial charge is 0.387 e. The highest BCUT2D eigenvalue weighted by atomic mass is 32.2. The molecule has 1 rings (SSSR count). The Bertz CT molecular complexity index is 340. The number of nitrogens with one attached hydrogen (secondary N) is 1. The van der Waals surface area contributed by atoms with Gasteiger partial charge in [0.15, 0.2) is 0 Å². The van der Waals surface area contributed by atoms with Crippen LogP contribution in [0.2, 0.25) is 0 Å². The van der Waals surface area contributed by atoms with Crippen LogP contribution in [0.3, 0.4) is 0 Å². The molecule has 0 spiro atoms. The van der Waals surface area contributed by atoms with Crippen molar-refractivity contribution in [2.24, 2.45) is 11.7 Å². The minimum absolute atomic E-state index is 0.159. The second-order valence-electron chi connectivity index (χ2n) is 4.58. The van der Waals surface area contributed by atoms with Gasteiger partial charge >= 0.3 is 0 Å². The molecule has 94 valence electrons. The molecule has 1 atom stereocenters. The van der Waals surface area contributed by atoms with E-state index in [1.807, 2.05) is 0 Å². The lowest BCUT2D eigenvalue weighted by molar-refractivity contribution is 0.204. The van der Waals surface area contributed by atoms with E-state index < -0.39 is 9.84 Å². The molecule has 1 aliphatic heterocycles. The van der Waals surface area contributed by atoms with Gasteiger partial charge < -0.3 is 10.6 Å². The van der Waals surface area contributed by atoms with E-state index in [0.29, 0.717) is 6.42 Å². The third-order valence-electron chi connectivity index (χ3n) is 2.93. The molecule has 0 amide bonds. The van der Waals surface area contributed by atoms with Gasteiger partial charge in [-0.05, 0) is 32.4 Å². The summed E-state index contributed by atoms with van der Waals surface area (Å²) in [5.41, 5.74) is 5.49. The summed E-state index contributed by atoms with van der Waals surface area (Å²) in [6.45, 7) is 2.59. The van der Waals surface area contributed by atoms with Gasteiger partial charge in [0, 0.05) is 18.7 Å². The number of nitrogens with two attached hydrogens (primary N) is 1. The molecule has 1 unspecified atom stereocenters. The van der Waals surface area contributed by atoms with Crippen LogP contribution in [-0.2, 0) is 9.84 Å². The van der Waals surface area contributed by atoms with Crippen molar-refractivity contribution >= 4 is 15.7 Å². The minimum atomic E-state index is -2.85. The average Bonchev–Trinajstić information content (AvgIpc) is 2.16. The first-order valence-corrected chi connectivity index (χ1v) is 7.68. The van der Waals surface area contributed by atoms with Crippen LogP contribution >= 0.6 is 0 Å². The van der Waals surface area contributed by atoms with E-state index in [4.69, 9.17) is 11.1 Å². The molecular formula is C10H21N3O2S. The zero-order valence-corrected chi connectivity index (χ0v) is 10.6. The molecule has 0 saturated carbocycles. The second kappa shape index (κ2) is 5.63. The van der Waals surface area contributed by atoms with Crippen LogP contribution in [-0.4, -0.2) is 50.8 Å². The van der Waals surface area contributed by atoms with E-state index in [-0.39, 0.29) is 17.5 Å². The fourth-order valence-corrected chi connectivity index (χ4v) is 2.72. The number of rotatable bonds is 5. The van der Waals surface area contributed by atoms with Crippen molar-refractivity contribution in [3.63, 3.8) is 0 Å². The van der Waals surface area contributed by atoms with E-state index in [1.165, 1.54) is 6.26 Å². The van der Waals surface area contributed by atoms with Crippen molar-refractivity contribution in [3.05, 3.63) is 0 Å². The van der Waals surface area contributed by atoms with Crippen molar-refractivity contribution in [1.82, 2.24) is 4.90 Å². The summed E-state index contributed by atoms with van der Waals surface area (Å²) < 4.78 is 21.9. The van der Waals surface area contributed by atoms with Gasteiger partial charge in [0.1, 0.15) is 9.84 Å². The molecule has 3 N–H and O–H groups in total. The Hall–Kier alpha value is -0.620. The molecule has 6 heteroatoms. The van der Waals surface area contributed by atoms with Gasteiger partial charge in [-0.2, -0.15) is 0 Å². The van der Waals surface area contributed by atoms with Crippen LogP contribution in [0.25, 0.3) is 0 Å². The first-order chi connectivity index (χ1) is 7.38.